The first-order valence-electron chi connectivity index (χ1n) is 5.25. The van der Waals surface area contributed by atoms with Gasteiger partial charge in [0.15, 0.2) is 0 Å². The van der Waals surface area contributed by atoms with Crippen LogP contribution in [0.5, 0.6) is 0 Å². The van der Waals surface area contributed by atoms with Crippen LogP contribution in [0.15, 0.2) is 12.2 Å². The van der Waals surface area contributed by atoms with Crippen molar-refractivity contribution in [1.29, 1.82) is 0 Å². The maximum Gasteiger partial charge on any atom is 0.307 e. The third-order valence-electron chi connectivity index (χ3n) is 2.34. The van der Waals surface area contributed by atoms with Gasteiger partial charge in [-0.3, -0.25) is 9.59 Å². The lowest BCUT2D eigenvalue weighted by Gasteiger charge is -2.05. The molecule has 2 atom stereocenters. The summed E-state index contributed by atoms with van der Waals surface area (Å²) in [6.45, 7) is 6.85. The molecule has 2 N–H and O–H groups in total. The Kier molecular flexibility index (Phi) is 4.49. The van der Waals surface area contributed by atoms with E-state index >= 15 is 0 Å². The van der Waals surface area contributed by atoms with Gasteiger partial charge >= 0.3 is 5.97 Å². The van der Waals surface area contributed by atoms with Crippen LogP contribution in [-0.2, 0) is 14.3 Å². The van der Waals surface area contributed by atoms with Crippen molar-refractivity contribution in [2.45, 2.75) is 13.3 Å². The van der Waals surface area contributed by atoms with E-state index in [1.807, 2.05) is 6.92 Å². The number of ether oxygens (including phenoxy) is 1. The monoisotopic (exact) mass is 227 g/mol. The van der Waals surface area contributed by atoms with Gasteiger partial charge in [-0.1, -0.05) is 12.2 Å². The Balaban J connectivity index is 2.04. The van der Waals surface area contributed by atoms with Crippen molar-refractivity contribution >= 4 is 11.9 Å². The predicted molar refractivity (Wildman–Crippen MR) is 57.9 cm³/mol. The van der Waals surface area contributed by atoms with Crippen molar-refractivity contribution in [2.24, 2.45) is 11.8 Å². The van der Waals surface area contributed by atoms with Gasteiger partial charge in [-0.15, -0.1) is 0 Å². The fourth-order valence-corrected chi connectivity index (χ4v) is 1.38. The van der Waals surface area contributed by atoms with E-state index in [9.17, 15) is 9.59 Å². The maximum absolute atomic E-state index is 11.4. The first kappa shape index (κ1) is 12.7. The third kappa shape index (κ3) is 4.02. The molecule has 0 saturated heterocycles. The van der Waals surface area contributed by atoms with Crippen molar-refractivity contribution in [3.05, 3.63) is 12.2 Å². The van der Waals surface area contributed by atoms with Gasteiger partial charge in [-0.25, -0.2) is 0 Å². The van der Waals surface area contributed by atoms with Gasteiger partial charge in [-0.2, -0.15) is 0 Å². The number of hydrogen-bond donors (Lipinski definition) is 2. The second kappa shape index (κ2) is 5.65. The van der Waals surface area contributed by atoms with E-state index in [0.29, 0.717) is 26.2 Å². The van der Waals surface area contributed by atoms with Gasteiger partial charge in [0, 0.05) is 6.54 Å². The second-order valence-electron chi connectivity index (χ2n) is 4.09. The van der Waals surface area contributed by atoms with E-state index in [2.05, 4.69) is 11.9 Å². The number of rotatable bonds is 7. The van der Waals surface area contributed by atoms with E-state index in [0.717, 1.165) is 5.57 Å². The highest BCUT2D eigenvalue weighted by Crippen LogP contribution is 2.38. The zero-order valence-electron chi connectivity index (χ0n) is 9.36. The van der Waals surface area contributed by atoms with Gasteiger partial charge in [0.05, 0.1) is 25.0 Å². The van der Waals surface area contributed by atoms with Crippen LogP contribution < -0.4 is 5.32 Å². The van der Waals surface area contributed by atoms with E-state index in [1.54, 1.807) is 0 Å². The molecule has 0 aromatic carbocycles. The number of carbonyl (C=O) groups excluding carboxylic acids is 1. The Morgan fingerprint density at radius 3 is 2.69 bits per heavy atom. The van der Waals surface area contributed by atoms with E-state index < -0.39 is 11.9 Å². The van der Waals surface area contributed by atoms with Crippen LogP contribution in [0.3, 0.4) is 0 Å². The second-order valence-corrected chi connectivity index (χ2v) is 4.09. The minimum Gasteiger partial charge on any atom is -0.481 e. The highest BCUT2D eigenvalue weighted by Gasteiger charge is 2.48. The molecule has 5 heteroatoms. The van der Waals surface area contributed by atoms with Crippen LogP contribution in [0.25, 0.3) is 0 Å². The van der Waals surface area contributed by atoms with Crippen LogP contribution in [-0.4, -0.2) is 36.7 Å². The summed E-state index contributed by atoms with van der Waals surface area (Å²) in [4.78, 5) is 21.9. The number of amides is 1. The molecule has 1 aliphatic rings. The van der Waals surface area contributed by atoms with Gasteiger partial charge < -0.3 is 15.2 Å². The third-order valence-corrected chi connectivity index (χ3v) is 2.34. The molecule has 1 amide bonds. The number of carboxylic acid groups (broad SMARTS) is 1. The Morgan fingerprint density at radius 1 is 1.50 bits per heavy atom. The molecular formula is C11H17NO4. The first-order valence-corrected chi connectivity index (χ1v) is 5.25. The molecule has 0 unspecified atom stereocenters. The van der Waals surface area contributed by atoms with Crippen molar-refractivity contribution in [3.63, 3.8) is 0 Å². The van der Waals surface area contributed by atoms with Crippen LogP contribution in [0, 0.1) is 11.8 Å². The number of carbonyl (C=O) groups is 2. The molecule has 5 nitrogen and oxygen atoms in total. The Bertz CT molecular complexity index is 300. The average molecular weight is 227 g/mol. The topological polar surface area (TPSA) is 75.6 Å². The lowest BCUT2D eigenvalue weighted by molar-refractivity contribution is -0.140. The molecule has 1 saturated carbocycles. The Labute approximate surface area is 94.5 Å². The molecule has 1 aliphatic carbocycles. The summed E-state index contributed by atoms with van der Waals surface area (Å²) >= 11 is 0. The lowest BCUT2D eigenvalue weighted by atomic mass is 10.3. The van der Waals surface area contributed by atoms with Crippen molar-refractivity contribution in [1.82, 2.24) is 5.32 Å². The molecule has 0 aromatic heterocycles. The molecule has 90 valence electrons. The summed E-state index contributed by atoms with van der Waals surface area (Å²) in [5, 5.41) is 11.3. The SMILES string of the molecule is C=C(C)COCCNC(=O)[C@@H]1C[C@@H]1C(=O)O. The molecule has 0 aliphatic heterocycles. The number of carboxylic acids is 1. The molecule has 0 aromatic rings. The predicted octanol–water partition coefficient (Wildman–Crippen LogP) is 0.416. The van der Waals surface area contributed by atoms with Crippen molar-refractivity contribution in [3.8, 4) is 0 Å². The van der Waals surface area contributed by atoms with Gasteiger partial charge in [0.25, 0.3) is 0 Å². The number of hydrogen-bond acceptors (Lipinski definition) is 3. The molecule has 1 fully saturated rings. The molecule has 16 heavy (non-hydrogen) atoms. The van der Waals surface area contributed by atoms with Crippen LogP contribution in [0.2, 0.25) is 0 Å². The summed E-state index contributed by atoms with van der Waals surface area (Å²) in [6, 6.07) is 0. The molecule has 0 spiro atoms. The number of nitrogens with one attached hydrogen (secondary N) is 1. The zero-order valence-corrected chi connectivity index (χ0v) is 9.36. The lowest BCUT2D eigenvalue weighted by Crippen LogP contribution is -2.29. The Morgan fingerprint density at radius 2 is 2.19 bits per heavy atom. The van der Waals surface area contributed by atoms with Crippen molar-refractivity contribution in [2.75, 3.05) is 19.8 Å². The van der Waals surface area contributed by atoms with Crippen LogP contribution in [0.1, 0.15) is 13.3 Å². The molecule has 1 rings (SSSR count). The standard InChI is InChI=1S/C11H17NO4/c1-7(2)6-16-4-3-12-10(13)8-5-9(8)11(14)15/h8-9H,1,3-6H2,2H3,(H,12,13)(H,14,15)/t8-,9+/m1/s1. The van der Waals surface area contributed by atoms with Gasteiger partial charge in [0.2, 0.25) is 5.91 Å². The molecule has 0 radical (unpaired) electrons. The average Bonchev–Trinajstić information content (AvgIpc) is 2.95. The smallest absolute Gasteiger partial charge is 0.307 e. The number of aliphatic carboxylic acids is 1. The summed E-state index contributed by atoms with van der Waals surface area (Å²) in [7, 11) is 0. The molecule has 0 bridgehead atoms. The molecule has 0 heterocycles. The maximum atomic E-state index is 11.4. The normalized spacial score (nSPS) is 22.6. The highest BCUT2D eigenvalue weighted by molar-refractivity contribution is 5.89. The highest BCUT2D eigenvalue weighted by atomic mass is 16.5. The van der Waals surface area contributed by atoms with E-state index in [4.69, 9.17) is 9.84 Å². The fraction of sp³-hybridized carbons (Fsp3) is 0.636. The van der Waals surface area contributed by atoms with E-state index in [-0.39, 0.29) is 11.8 Å². The summed E-state index contributed by atoms with van der Waals surface area (Å²) < 4.78 is 5.19. The van der Waals surface area contributed by atoms with Crippen LogP contribution in [0.4, 0.5) is 0 Å². The quantitative estimate of drug-likeness (QED) is 0.488. The first-order chi connectivity index (χ1) is 7.52. The Hall–Kier alpha value is -1.36. The van der Waals surface area contributed by atoms with Gasteiger partial charge in [-0.05, 0) is 13.3 Å². The fourth-order valence-electron chi connectivity index (χ4n) is 1.38. The van der Waals surface area contributed by atoms with E-state index in [1.165, 1.54) is 0 Å². The summed E-state index contributed by atoms with van der Waals surface area (Å²) in [6.07, 6.45) is 0.452. The molecular weight excluding hydrogens is 210 g/mol. The minimum atomic E-state index is -0.890. The van der Waals surface area contributed by atoms with Crippen LogP contribution >= 0.6 is 0 Å². The van der Waals surface area contributed by atoms with Crippen molar-refractivity contribution < 1.29 is 19.4 Å². The summed E-state index contributed by atoms with van der Waals surface area (Å²) in [5.41, 5.74) is 0.930. The minimum absolute atomic E-state index is 0.189. The van der Waals surface area contributed by atoms with Gasteiger partial charge in [0.1, 0.15) is 0 Å². The largest absolute Gasteiger partial charge is 0.481 e. The zero-order chi connectivity index (χ0) is 12.1. The summed E-state index contributed by atoms with van der Waals surface area (Å²) in [5.74, 6) is -1.92.